The van der Waals surface area contributed by atoms with Gasteiger partial charge in [-0.1, -0.05) is 11.8 Å². The zero-order valence-electron chi connectivity index (χ0n) is 6.10. The first-order valence-electron chi connectivity index (χ1n) is 3.27. The molecule has 0 radical (unpaired) electrons. The first kappa shape index (κ1) is 7.50. The molecule has 1 fully saturated rings. The highest BCUT2D eigenvalue weighted by molar-refractivity contribution is 4.97. The van der Waals surface area contributed by atoms with Crippen LogP contribution in [-0.4, -0.2) is 36.9 Å². The zero-order chi connectivity index (χ0) is 7.56. The normalized spacial score (nSPS) is 20.3. The predicted octanol–water partition coefficient (Wildman–Crippen LogP) is 0.137. The maximum atomic E-state index is 12.5. The number of nitrogens with one attached hydrogen (secondary N) is 1. The van der Waals surface area contributed by atoms with Gasteiger partial charge in [0.15, 0.2) is 0 Å². The molecule has 0 aliphatic carbocycles. The van der Waals surface area contributed by atoms with E-state index in [2.05, 4.69) is 11.9 Å². The number of rotatable bonds is 1. The van der Waals surface area contributed by atoms with Crippen molar-refractivity contribution >= 4 is 0 Å². The number of hydrogen-bond donors (Lipinski definition) is 1. The first-order valence-corrected chi connectivity index (χ1v) is 3.27. The largest absolute Gasteiger partial charge is 0.309 e. The number of nitrogens with zero attached hydrogens (tertiary/aromatic N) is 2. The van der Waals surface area contributed by atoms with Gasteiger partial charge in [-0.3, -0.25) is 5.01 Å². The fraction of sp³-hybridized carbons (Fsp3) is 0.667. The Kier molecular flexibility index (Phi) is 2.24. The van der Waals surface area contributed by atoms with E-state index in [4.69, 9.17) is 0 Å². The zero-order valence-corrected chi connectivity index (χ0v) is 6.10. The summed E-state index contributed by atoms with van der Waals surface area (Å²) in [5.41, 5.74) is 0.774. The van der Waals surface area contributed by atoms with Crippen LogP contribution in [0.15, 0.2) is 12.3 Å². The molecular formula is C6H12FN3. The quantitative estimate of drug-likeness (QED) is 0.529. The van der Waals surface area contributed by atoms with Crippen molar-refractivity contribution in [1.29, 1.82) is 0 Å². The Morgan fingerprint density at radius 2 is 2.50 bits per heavy atom. The van der Waals surface area contributed by atoms with Crippen LogP contribution in [0.4, 0.5) is 4.48 Å². The molecule has 1 saturated heterocycles. The lowest BCUT2D eigenvalue weighted by atomic mass is 10.3. The molecule has 3 nitrogen and oxygen atoms in total. The van der Waals surface area contributed by atoms with Crippen LogP contribution >= 0.6 is 0 Å². The molecule has 0 spiro atoms. The van der Waals surface area contributed by atoms with Crippen LogP contribution in [0.3, 0.4) is 0 Å². The highest BCUT2D eigenvalue weighted by Crippen LogP contribution is 2.06. The number of hydrazine groups is 1. The van der Waals surface area contributed by atoms with Gasteiger partial charge in [-0.05, 0) is 0 Å². The number of piperazine rings is 1. The average molecular weight is 145 g/mol. The van der Waals surface area contributed by atoms with E-state index in [0.29, 0.717) is 18.3 Å². The monoisotopic (exact) mass is 145 g/mol. The van der Waals surface area contributed by atoms with E-state index < -0.39 is 0 Å². The lowest BCUT2D eigenvalue weighted by molar-refractivity contribution is -0.131. The minimum atomic E-state index is 0.573. The lowest BCUT2D eigenvalue weighted by Crippen LogP contribution is -2.46. The van der Waals surface area contributed by atoms with E-state index in [1.54, 1.807) is 0 Å². The van der Waals surface area contributed by atoms with Crippen LogP contribution in [0.1, 0.15) is 0 Å². The second kappa shape index (κ2) is 2.98. The molecule has 0 unspecified atom stereocenters. The average Bonchev–Trinajstić information content (AvgIpc) is 1.88. The minimum absolute atomic E-state index is 0.573. The maximum Gasteiger partial charge on any atom is 0.0493 e. The van der Waals surface area contributed by atoms with Crippen LogP contribution in [-0.2, 0) is 0 Å². The van der Waals surface area contributed by atoms with E-state index in [-0.39, 0.29) is 0 Å². The van der Waals surface area contributed by atoms with Gasteiger partial charge in [0.05, 0.1) is 0 Å². The summed E-state index contributed by atoms with van der Waals surface area (Å²) in [4.78, 5) is 0. The number of hydrogen-bond acceptors (Lipinski definition) is 3. The highest BCUT2D eigenvalue weighted by Gasteiger charge is 2.15. The summed E-state index contributed by atoms with van der Waals surface area (Å²) >= 11 is 0. The molecule has 1 rings (SSSR count). The molecule has 10 heavy (non-hydrogen) atoms. The predicted molar refractivity (Wildman–Crippen MR) is 37.6 cm³/mol. The molecular weight excluding hydrogens is 133 g/mol. The van der Waals surface area contributed by atoms with Crippen LogP contribution in [0.5, 0.6) is 0 Å². The SMILES string of the molecule is C=C1CNCCN1N(C)F. The molecule has 1 aliphatic rings. The van der Waals surface area contributed by atoms with Crippen molar-refractivity contribution in [2.75, 3.05) is 26.7 Å². The molecule has 1 aliphatic heterocycles. The third-order valence-electron chi connectivity index (χ3n) is 1.53. The Bertz CT molecular complexity index is 135. The molecule has 0 aromatic heterocycles. The summed E-state index contributed by atoms with van der Waals surface area (Å²) in [6.45, 7) is 5.84. The molecule has 1 heterocycles. The Morgan fingerprint density at radius 3 is 2.90 bits per heavy atom. The van der Waals surface area contributed by atoms with E-state index in [0.717, 1.165) is 12.2 Å². The van der Waals surface area contributed by atoms with Crippen molar-refractivity contribution in [3.8, 4) is 0 Å². The fourth-order valence-electron chi connectivity index (χ4n) is 1.000. The summed E-state index contributed by atoms with van der Waals surface area (Å²) in [6, 6.07) is 0. The fourth-order valence-corrected chi connectivity index (χ4v) is 1.000. The van der Waals surface area contributed by atoms with E-state index in [1.165, 1.54) is 12.1 Å². The Morgan fingerprint density at radius 1 is 1.80 bits per heavy atom. The summed E-state index contributed by atoms with van der Waals surface area (Å²) < 4.78 is 12.5. The molecule has 4 heteroatoms. The van der Waals surface area contributed by atoms with Crippen LogP contribution in [0.2, 0.25) is 0 Å². The van der Waals surface area contributed by atoms with Crippen molar-refractivity contribution in [1.82, 2.24) is 15.6 Å². The highest BCUT2D eigenvalue weighted by atomic mass is 19.2. The van der Waals surface area contributed by atoms with Crippen LogP contribution in [0, 0.1) is 0 Å². The molecule has 0 bridgehead atoms. The smallest absolute Gasteiger partial charge is 0.0493 e. The standard InChI is InChI=1S/C6H12FN3/c1-6-5-8-3-4-10(6)9(2)7/h8H,1,3-5H2,2H3. The van der Waals surface area contributed by atoms with Gasteiger partial charge in [-0.15, -0.1) is 4.48 Å². The molecule has 0 saturated carbocycles. The van der Waals surface area contributed by atoms with Crippen molar-refractivity contribution in [3.63, 3.8) is 0 Å². The summed E-state index contributed by atoms with van der Waals surface area (Å²) in [5.74, 6) is 0. The maximum absolute atomic E-state index is 12.5. The first-order chi connectivity index (χ1) is 4.72. The number of halogens is 1. The molecule has 0 aromatic rings. The van der Waals surface area contributed by atoms with Crippen molar-refractivity contribution < 1.29 is 4.48 Å². The second-order valence-corrected chi connectivity index (χ2v) is 2.31. The van der Waals surface area contributed by atoms with Crippen LogP contribution < -0.4 is 5.32 Å². The molecule has 58 valence electrons. The molecule has 0 aromatic carbocycles. The third-order valence-corrected chi connectivity index (χ3v) is 1.53. The molecule has 0 atom stereocenters. The molecule has 1 N–H and O–H groups in total. The van der Waals surface area contributed by atoms with Gasteiger partial charge in [0, 0.05) is 32.4 Å². The van der Waals surface area contributed by atoms with E-state index in [1.807, 2.05) is 0 Å². The van der Waals surface area contributed by atoms with Gasteiger partial charge < -0.3 is 5.32 Å². The van der Waals surface area contributed by atoms with Crippen LogP contribution in [0.25, 0.3) is 0 Å². The van der Waals surface area contributed by atoms with Crippen molar-refractivity contribution in [2.45, 2.75) is 0 Å². The van der Waals surface area contributed by atoms with Gasteiger partial charge in [-0.25, -0.2) is 0 Å². The molecule has 0 amide bonds. The van der Waals surface area contributed by atoms with E-state index >= 15 is 0 Å². The van der Waals surface area contributed by atoms with E-state index in [9.17, 15) is 4.48 Å². The van der Waals surface area contributed by atoms with Crippen molar-refractivity contribution in [2.24, 2.45) is 0 Å². The Balaban J connectivity index is 2.48. The Labute approximate surface area is 60.0 Å². The lowest BCUT2D eigenvalue weighted by Gasteiger charge is -2.32. The Hall–Kier alpha value is -0.610. The van der Waals surface area contributed by atoms with Gasteiger partial charge in [0.1, 0.15) is 0 Å². The third kappa shape index (κ3) is 1.46. The summed E-state index contributed by atoms with van der Waals surface area (Å²) in [5, 5.41) is 5.17. The van der Waals surface area contributed by atoms with Gasteiger partial charge >= 0.3 is 0 Å². The summed E-state index contributed by atoms with van der Waals surface area (Å²) in [6.07, 6.45) is 0. The second-order valence-electron chi connectivity index (χ2n) is 2.31. The van der Waals surface area contributed by atoms with Crippen molar-refractivity contribution in [3.05, 3.63) is 12.3 Å². The van der Waals surface area contributed by atoms with Gasteiger partial charge in [0.25, 0.3) is 0 Å². The van der Waals surface area contributed by atoms with Gasteiger partial charge in [0.2, 0.25) is 0 Å². The topological polar surface area (TPSA) is 18.5 Å². The van der Waals surface area contributed by atoms with Gasteiger partial charge in [-0.2, -0.15) is 0 Å². The minimum Gasteiger partial charge on any atom is -0.309 e. The summed E-state index contributed by atoms with van der Waals surface area (Å²) in [7, 11) is 1.37.